The minimum absolute atomic E-state index is 0.551. The molecule has 1 atom stereocenters. The van der Waals surface area contributed by atoms with E-state index >= 15 is 0 Å². The Balaban J connectivity index is 1.69. The van der Waals surface area contributed by atoms with E-state index in [2.05, 4.69) is 25.8 Å². The second-order valence-corrected chi connectivity index (χ2v) is 4.22. The molecule has 0 aliphatic carbocycles. The van der Waals surface area contributed by atoms with Crippen LogP contribution < -0.4 is 10.1 Å². The third kappa shape index (κ3) is 2.19. The predicted octanol–water partition coefficient (Wildman–Crippen LogP) is -0.102. The van der Waals surface area contributed by atoms with Crippen LogP contribution in [0.2, 0.25) is 0 Å². The minimum atomic E-state index is 0.551. The van der Waals surface area contributed by atoms with Gasteiger partial charge in [-0.1, -0.05) is 0 Å². The van der Waals surface area contributed by atoms with Crippen LogP contribution in [-0.4, -0.2) is 44.7 Å². The molecule has 7 nitrogen and oxygen atoms in total. The highest BCUT2D eigenvalue weighted by Crippen LogP contribution is 2.14. The molecule has 1 fully saturated rings. The van der Waals surface area contributed by atoms with E-state index in [0.717, 1.165) is 13.1 Å². The van der Waals surface area contributed by atoms with Gasteiger partial charge in [-0.2, -0.15) is 4.52 Å². The zero-order chi connectivity index (χ0) is 11.5. The normalized spacial score (nSPS) is 20.6. The van der Waals surface area contributed by atoms with E-state index in [1.54, 1.807) is 16.9 Å². The summed E-state index contributed by atoms with van der Waals surface area (Å²) in [6, 6.07) is 0. The first-order valence-electron chi connectivity index (χ1n) is 5.79. The van der Waals surface area contributed by atoms with Crippen molar-refractivity contribution < 1.29 is 4.74 Å². The van der Waals surface area contributed by atoms with Gasteiger partial charge in [-0.15, -0.1) is 5.10 Å². The molecule has 0 bridgehead atoms. The van der Waals surface area contributed by atoms with Gasteiger partial charge in [0.25, 0.3) is 0 Å². The summed E-state index contributed by atoms with van der Waals surface area (Å²) < 4.78 is 7.29. The standard InChI is InChI=1S/C10H14N6O/c1-2-8(4-11-3-1)7-17-10-6-12-5-9-13-14-15-16(9)10/h5-6,8,11H,1-4,7H2. The molecule has 0 aromatic carbocycles. The van der Waals surface area contributed by atoms with Crippen LogP contribution in [0.1, 0.15) is 12.8 Å². The largest absolute Gasteiger partial charge is 0.476 e. The average Bonchev–Trinajstić information content (AvgIpc) is 2.86. The lowest BCUT2D eigenvalue weighted by Crippen LogP contribution is -2.33. The topological polar surface area (TPSA) is 77.2 Å². The van der Waals surface area contributed by atoms with Crippen molar-refractivity contribution in [3.8, 4) is 5.88 Å². The first kappa shape index (κ1) is 10.4. The van der Waals surface area contributed by atoms with E-state index < -0.39 is 0 Å². The maximum absolute atomic E-state index is 5.74. The predicted molar refractivity (Wildman–Crippen MR) is 59.7 cm³/mol. The van der Waals surface area contributed by atoms with Gasteiger partial charge in [-0.25, -0.2) is 0 Å². The molecule has 0 spiro atoms. The van der Waals surface area contributed by atoms with Crippen molar-refractivity contribution >= 4 is 5.65 Å². The van der Waals surface area contributed by atoms with Gasteiger partial charge in [0.2, 0.25) is 11.5 Å². The fraction of sp³-hybridized carbons (Fsp3) is 0.600. The maximum Gasteiger partial charge on any atom is 0.237 e. The molecule has 2 aromatic heterocycles. The van der Waals surface area contributed by atoms with E-state index in [1.807, 2.05) is 0 Å². The molecule has 1 aliphatic rings. The first-order chi connectivity index (χ1) is 8.43. The van der Waals surface area contributed by atoms with Crippen molar-refractivity contribution in [3.63, 3.8) is 0 Å². The highest BCUT2D eigenvalue weighted by molar-refractivity contribution is 5.34. The van der Waals surface area contributed by atoms with Crippen molar-refractivity contribution in [1.29, 1.82) is 0 Å². The molecule has 0 amide bonds. The molecule has 17 heavy (non-hydrogen) atoms. The Kier molecular flexibility index (Phi) is 2.83. The first-order valence-corrected chi connectivity index (χ1v) is 5.79. The Hall–Kier alpha value is -1.76. The fourth-order valence-corrected chi connectivity index (χ4v) is 2.02. The lowest BCUT2D eigenvalue weighted by Gasteiger charge is -2.22. The zero-order valence-electron chi connectivity index (χ0n) is 9.41. The summed E-state index contributed by atoms with van der Waals surface area (Å²) >= 11 is 0. The van der Waals surface area contributed by atoms with Crippen molar-refractivity contribution in [2.45, 2.75) is 12.8 Å². The fourth-order valence-electron chi connectivity index (χ4n) is 2.02. The van der Waals surface area contributed by atoms with Crippen LogP contribution in [0.25, 0.3) is 5.65 Å². The zero-order valence-corrected chi connectivity index (χ0v) is 9.41. The van der Waals surface area contributed by atoms with Crippen LogP contribution in [0, 0.1) is 5.92 Å². The van der Waals surface area contributed by atoms with Gasteiger partial charge in [-0.05, 0) is 29.8 Å². The molecular formula is C10H14N6O. The number of nitrogens with zero attached hydrogens (tertiary/aromatic N) is 5. The molecule has 7 heteroatoms. The monoisotopic (exact) mass is 234 g/mol. The molecule has 3 heterocycles. The second-order valence-electron chi connectivity index (χ2n) is 4.22. The van der Waals surface area contributed by atoms with Crippen molar-refractivity contribution in [2.75, 3.05) is 19.7 Å². The van der Waals surface area contributed by atoms with E-state index in [4.69, 9.17) is 4.74 Å². The second kappa shape index (κ2) is 4.62. The molecular weight excluding hydrogens is 220 g/mol. The van der Waals surface area contributed by atoms with Crippen molar-refractivity contribution in [1.82, 2.24) is 30.3 Å². The number of fused-ring (bicyclic) bond motifs is 1. The quantitative estimate of drug-likeness (QED) is 0.799. The number of aromatic nitrogens is 5. The van der Waals surface area contributed by atoms with Crippen LogP contribution >= 0.6 is 0 Å². The lowest BCUT2D eigenvalue weighted by atomic mass is 10.0. The number of hydrogen-bond acceptors (Lipinski definition) is 6. The van der Waals surface area contributed by atoms with Gasteiger partial charge in [0.05, 0.1) is 19.0 Å². The summed E-state index contributed by atoms with van der Waals surface area (Å²) in [5, 5.41) is 14.6. The minimum Gasteiger partial charge on any atom is -0.476 e. The third-order valence-corrected chi connectivity index (χ3v) is 2.94. The van der Waals surface area contributed by atoms with E-state index in [1.165, 1.54) is 12.8 Å². The summed E-state index contributed by atoms with van der Waals surface area (Å²) in [5.41, 5.74) is 0.601. The number of hydrogen-bond donors (Lipinski definition) is 1. The van der Waals surface area contributed by atoms with Gasteiger partial charge in [-0.3, -0.25) is 4.98 Å². The van der Waals surface area contributed by atoms with Crippen LogP contribution in [0.3, 0.4) is 0 Å². The number of tetrazole rings is 1. The van der Waals surface area contributed by atoms with Crippen LogP contribution in [0.5, 0.6) is 5.88 Å². The summed E-state index contributed by atoms with van der Waals surface area (Å²) in [5.74, 6) is 1.15. The third-order valence-electron chi connectivity index (χ3n) is 2.94. The molecule has 1 unspecified atom stereocenters. The summed E-state index contributed by atoms with van der Waals surface area (Å²) in [6.07, 6.45) is 5.65. The van der Waals surface area contributed by atoms with E-state index in [-0.39, 0.29) is 0 Å². The number of rotatable bonds is 3. The molecule has 1 saturated heterocycles. The number of ether oxygens (including phenoxy) is 1. The average molecular weight is 234 g/mol. The highest BCUT2D eigenvalue weighted by Gasteiger charge is 2.14. The van der Waals surface area contributed by atoms with Crippen molar-refractivity contribution in [3.05, 3.63) is 12.4 Å². The Bertz CT molecular complexity index is 492. The molecule has 1 N–H and O–H groups in total. The van der Waals surface area contributed by atoms with Crippen LogP contribution in [0.15, 0.2) is 12.4 Å². The Morgan fingerprint density at radius 2 is 2.47 bits per heavy atom. The van der Waals surface area contributed by atoms with E-state index in [9.17, 15) is 0 Å². The van der Waals surface area contributed by atoms with Gasteiger partial charge >= 0.3 is 0 Å². The number of nitrogens with one attached hydrogen (secondary N) is 1. The molecule has 0 saturated carbocycles. The van der Waals surface area contributed by atoms with Crippen molar-refractivity contribution in [2.24, 2.45) is 5.92 Å². The van der Waals surface area contributed by atoms with Crippen LogP contribution in [0.4, 0.5) is 0 Å². The molecule has 1 aliphatic heterocycles. The molecule has 90 valence electrons. The highest BCUT2D eigenvalue weighted by atomic mass is 16.5. The Morgan fingerprint density at radius 1 is 1.47 bits per heavy atom. The van der Waals surface area contributed by atoms with Crippen LogP contribution in [-0.2, 0) is 0 Å². The SMILES string of the molecule is c1ncc2nnnn2c1OCC1CCCNC1. The Labute approximate surface area is 98.2 Å². The summed E-state index contributed by atoms with van der Waals surface area (Å²) in [4.78, 5) is 4.04. The Morgan fingerprint density at radius 3 is 3.35 bits per heavy atom. The molecule has 3 rings (SSSR count). The van der Waals surface area contributed by atoms with Gasteiger partial charge in [0, 0.05) is 12.5 Å². The maximum atomic E-state index is 5.74. The smallest absolute Gasteiger partial charge is 0.237 e. The summed E-state index contributed by atoms with van der Waals surface area (Å²) in [7, 11) is 0. The van der Waals surface area contributed by atoms with Gasteiger partial charge < -0.3 is 10.1 Å². The lowest BCUT2D eigenvalue weighted by molar-refractivity contribution is 0.207. The van der Waals surface area contributed by atoms with Gasteiger partial charge in [0.15, 0.2) is 0 Å². The summed E-state index contributed by atoms with van der Waals surface area (Å²) in [6.45, 7) is 2.80. The van der Waals surface area contributed by atoms with Gasteiger partial charge in [0.1, 0.15) is 0 Å². The van der Waals surface area contributed by atoms with E-state index in [0.29, 0.717) is 24.1 Å². The molecule has 2 aromatic rings. The molecule has 0 radical (unpaired) electrons. The number of piperidine rings is 1.